The molecule has 0 unspecified atom stereocenters. The predicted molar refractivity (Wildman–Crippen MR) is 48.6 cm³/mol. The van der Waals surface area contributed by atoms with Crippen LogP contribution < -0.4 is 0 Å². The molecule has 7 heteroatoms. The first-order valence-corrected chi connectivity index (χ1v) is 4.89. The quantitative estimate of drug-likeness (QED) is 0.708. The first kappa shape index (κ1) is 13.4. The molecule has 0 N–H and O–H groups in total. The highest BCUT2D eigenvalue weighted by Crippen LogP contribution is 2.33. The number of alkyl halides is 3. The van der Waals surface area contributed by atoms with Crippen molar-refractivity contribution in [2.24, 2.45) is 0 Å². The van der Waals surface area contributed by atoms with Gasteiger partial charge in [0.25, 0.3) is 5.24 Å². The highest BCUT2D eigenvalue weighted by molar-refractivity contribution is 7.13. The third-order valence-corrected chi connectivity index (χ3v) is 2.14. The SMILES string of the molecule is CC.O=C(Cl)c1scnc1C(F)(F)F. The molecule has 0 aromatic carbocycles. The molecule has 0 radical (unpaired) electrons. The summed E-state index contributed by atoms with van der Waals surface area (Å²) in [5.74, 6) is 0. The zero-order valence-electron chi connectivity index (χ0n) is 7.35. The van der Waals surface area contributed by atoms with Crippen molar-refractivity contribution in [3.05, 3.63) is 16.1 Å². The number of carbonyl (C=O) groups excluding carboxylic acids is 1. The van der Waals surface area contributed by atoms with E-state index in [1.165, 1.54) is 0 Å². The first-order chi connectivity index (χ1) is 6.43. The van der Waals surface area contributed by atoms with Gasteiger partial charge in [0.05, 0.1) is 5.51 Å². The number of hydrogen-bond donors (Lipinski definition) is 0. The molecule has 0 atom stereocenters. The van der Waals surface area contributed by atoms with Gasteiger partial charge in [0, 0.05) is 0 Å². The second kappa shape index (κ2) is 5.31. The first-order valence-electron chi connectivity index (χ1n) is 3.63. The number of rotatable bonds is 1. The van der Waals surface area contributed by atoms with Crippen LogP contribution >= 0.6 is 22.9 Å². The zero-order valence-corrected chi connectivity index (χ0v) is 8.93. The molecule has 1 aromatic rings. The molecule has 0 amide bonds. The van der Waals surface area contributed by atoms with Crippen LogP contribution in [-0.2, 0) is 6.18 Å². The van der Waals surface area contributed by atoms with Gasteiger partial charge in [-0.1, -0.05) is 13.8 Å². The molecule has 1 aromatic heterocycles. The Morgan fingerprint density at radius 3 is 2.29 bits per heavy atom. The summed E-state index contributed by atoms with van der Waals surface area (Å²) in [4.78, 5) is 12.8. The number of hydrogen-bond acceptors (Lipinski definition) is 3. The Morgan fingerprint density at radius 2 is 2.00 bits per heavy atom. The number of halogens is 4. The van der Waals surface area contributed by atoms with Crippen LogP contribution in [0.1, 0.15) is 29.2 Å². The molecule has 0 aliphatic carbocycles. The Labute approximate surface area is 87.7 Å². The minimum absolute atomic E-state index is 0.566. The molecule has 0 saturated carbocycles. The lowest BCUT2D eigenvalue weighted by Crippen LogP contribution is -2.09. The van der Waals surface area contributed by atoms with E-state index in [4.69, 9.17) is 11.6 Å². The van der Waals surface area contributed by atoms with Gasteiger partial charge < -0.3 is 0 Å². The van der Waals surface area contributed by atoms with E-state index in [9.17, 15) is 18.0 Å². The summed E-state index contributed by atoms with van der Waals surface area (Å²) in [6.07, 6.45) is -4.61. The van der Waals surface area contributed by atoms with Gasteiger partial charge in [-0.15, -0.1) is 11.3 Å². The van der Waals surface area contributed by atoms with Crippen molar-refractivity contribution in [2.45, 2.75) is 20.0 Å². The lowest BCUT2D eigenvalue weighted by atomic mass is 10.4. The van der Waals surface area contributed by atoms with Crippen LogP contribution in [0.5, 0.6) is 0 Å². The summed E-state index contributed by atoms with van der Waals surface area (Å²) in [5, 5.41) is -1.13. The molecule has 80 valence electrons. The van der Waals surface area contributed by atoms with E-state index in [0.717, 1.165) is 5.51 Å². The van der Waals surface area contributed by atoms with Crippen LogP contribution in [0, 0.1) is 0 Å². The second-order valence-corrected chi connectivity index (χ2v) is 3.00. The number of aromatic nitrogens is 1. The molecule has 0 saturated heterocycles. The Hall–Kier alpha value is -0.620. The normalized spacial score (nSPS) is 10.4. The molecule has 0 spiro atoms. The molecule has 2 nitrogen and oxygen atoms in total. The molecule has 1 rings (SSSR count). The van der Waals surface area contributed by atoms with Crippen LogP contribution in [0.15, 0.2) is 5.51 Å². The maximum absolute atomic E-state index is 12.0. The predicted octanol–water partition coefficient (Wildman–Crippen LogP) is 3.57. The standard InChI is InChI=1S/C5HClF3NOS.C2H6/c6-4(11)2-3(5(7,8)9)10-1-12-2;1-2/h1H;1-2H3. The summed E-state index contributed by atoms with van der Waals surface area (Å²) in [6.45, 7) is 4.00. The Balaban J connectivity index is 0.000000791. The summed E-state index contributed by atoms with van der Waals surface area (Å²) < 4.78 is 35.9. The maximum atomic E-state index is 12.0. The second-order valence-electron chi connectivity index (χ2n) is 1.80. The molecule has 0 aliphatic rings. The van der Waals surface area contributed by atoms with Gasteiger partial charge in [-0.25, -0.2) is 4.98 Å². The van der Waals surface area contributed by atoms with Gasteiger partial charge in [-0.2, -0.15) is 13.2 Å². The minimum atomic E-state index is -4.61. The van der Waals surface area contributed by atoms with Crippen LogP contribution in [0.2, 0.25) is 0 Å². The van der Waals surface area contributed by atoms with Crippen LogP contribution in [0.4, 0.5) is 13.2 Å². The third kappa shape index (κ3) is 3.26. The molecular formula is C7H7ClF3NOS. The van der Waals surface area contributed by atoms with Gasteiger partial charge in [-0.05, 0) is 11.6 Å². The lowest BCUT2D eigenvalue weighted by molar-refractivity contribution is -0.141. The van der Waals surface area contributed by atoms with Gasteiger partial charge in [-0.3, -0.25) is 4.79 Å². The van der Waals surface area contributed by atoms with Crippen LogP contribution in [-0.4, -0.2) is 10.2 Å². The molecule has 0 aliphatic heterocycles. The summed E-state index contributed by atoms with van der Waals surface area (Å²) in [5.41, 5.74) is -0.286. The number of thiazole rings is 1. The van der Waals surface area contributed by atoms with E-state index >= 15 is 0 Å². The van der Waals surface area contributed by atoms with Crippen molar-refractivity contribution < 1.29 is 18.0 Å². The van der Waals surface area contributed by atoms with Gasteiger partial charge in [0.1, 0.15) is 4.88 Å². The molecule has 0 bridgehead atoms. The fourth-order valence-corrected chi connectivity index (χ4v) is 1.45. The van der Waals surface area contributed by atoms with E-state index in [2.05, 4.69) is 4.98 Å². The van der Waals surface area contributed by atoms with Gasteiger partial charge in [0.15, 0.2) is 5.69 Å². The van der Waals surface area contributed by atoms with E-state index < -0.39 is 22.0 Å². The van der Waals surface area contributed by atoms with Crippen molar-refractivity contribution in [3.63, 3.8) is 0 Å². The monoisotopic (exact) mass is 245 g/mol. The van der Waals surface area contributed by atoms with E-state index in [1.807, 2.05) is 13.8 Å². The largest absolute Gasteiger partial charge is 0.434 e. The minimum Gasteiger partial charge on any atom is -0.275 e. The summed E-state index contributed by atoms with van der Waals surface area (Å²) in [6, 6.07) is 0. The molecular weight excluding hydrogens is 239 g/mol. The summed E-state index contributed by atoms with van der Waals surface area (Å²) in [7, 11) is 0. The number of carbonyl (C=O) groups is 1. The average Bonchev–Trinajstić information content (AvgIpc) is 2.54. The highest BCUT2D eigenvalue weighted by Gasteiger charge is 2.37. The fourth-order valence-electron chi connectivity index (χ4n) is 0.588. The molecule has 1 heterocycles. The van der Waals surface area contributed by atoms with Crippen LogP contribution in [0.25, 0.3) is 0 Å². The average molecular weight is 246 g/mol. The van der Waals surface area contributed by atoms with Crippen molar-refractivity contribution in [2.75, 3.05) is 0 Å². The van der Waals surface area contributed by atoms with Crippen molar-refractivity contribution in [3.8, 4) is 0 Å². The van der Waals surface area contributed by atoms with Crippen LogP contribution in [0.3, 0.4) is 0 Å². The van der Waals surface area contributed by atoms with Crippen molar-refractivity contribution in [1.82, 2.24) is 4.98 Å². The smallest absolute Gasteiger partial charge is 0.275 e. The van der Waals surface area contributed by atoms with E-state index in [1.54, 1.807) is 0 Å². The van der Waals surface area contributed by atoms with Crippen molar-refractivity contribution >= 4 is 28.2 Å². The fraction of sp³-hybridized carbons (Fsp3) is 0.429. The summed E-state index contributed by atoms with van der Waals surface area (Å²) >= 11 is 5.46. The molecule has 0 fully saturated rings. The maximum Gasteiger partial charge on any atom is 0.434 e. The van der Waals surface area contributed by atoms with E-state index in [-0.39, 0.29) is 0 Å². The van der Waals surface area contributed by atoms with Gasteiger partial charge >= 0.3 is 6.18 Å². The van der Waals surface area contributed by atoms with Gasteiger partial charge in [0.2, 0.25) is 0 Å². The third-order valence-electron chi connectivity index (χ3n) is 1.01. The number of nitrogens with zero attached hydrogens (tertiary/aromatic N) is 1. The Kier molecular flexibility index (Phi) is 5.07. The zero-order chi connectivity index (χ0) is 11.4. The van der Waals surface area contributed by atoms with Crippen molar-refractivity contribution in [1.29, 1.82) is 0 Å². The highest BCUT2D eigenvalue weighted by atomic mass is 35.5. The molecule has 14 heavy (non-hydrogen) atoms. The Morgan fingerprint density at radius 1 is 1.50 bits per heavy atom. The topological polar surface area (TPSA) is 30.0 Å². The van der Waals surface area contributed by atoms with E-state index in [0.29, 0.717) is 11.3 Å². The Bertz CT molecular complexity index is 310. The lowest BCUT2D eigenvalue weighted by Gasteiger charge is -2.02.